The molecule has 0 unspecified atom stereocenters. The molecule has 3 N–H and O–H groups in total. The van der Waals surface area contributed by atoms with Crippen LogP contribution in [0.1, 0.15) is 17.5 Å². The minimum absolute atomic E-state index is 0. The summed E-state index contributed by atoms with van der Waals surface area (Å²) in [5.41, 5.74) is 2.76. The number of imide groups is 1. The van der Waals surface area contributed by atoms with Crippen LogP contribution in [0.5, 0.6) is 0 Å². The molecule has 23 heavy (non-hydrogen) atoms. The maximum absolute atomic E-state index is 11.7. The summed E-state index contributed by atoms with van der Waals surface area (Å²) in [5.74, 6) is -1.42. The first-order valence-corrected chi connectivity index (χ1v) is 6.86. The maximum atomic E-state index is 11.7. The van der Waals surface area contributed by atoms with Gasteiger partial charge in [-0.25, -0.2) is 4.79 Å². The SMILES string of the molecule is Cc1ccc(NC(=O)NC(=O)CN(C)CCC(=O)O)cc1C.Cl. The molecular weight excluding hydrogens is 322 g/mol. The Morgan fingerprint density at radius 2 is 1.83 bits per heavy atom. The van der Waals surface area contributed by atoms with Crippen molar-refractivity contribution in [1.29, 1.82) is 0 Å². The Bertz CT molecular complexity index is 578. The van der Waals surface area contributed by atoms with Gasteiger partial charge >= 0.3 is 12.0 Å². The molecule has 0 aromatic heterocycles. The number of carbonyl (C=O) groups excluding carboxylic acids is 2. The first kappa shape index (κ1) is 20.9. The van der Waals surface area contributed by atoms with E-state index in [1.165, 1.54) is 4.90 Å². The number of halogens is 1. The lowest BCUT2D eigenvalue weighted by atomic mass is 10.1. The van der Waals surface area contributed by atoms with E-state index < -0.39 is 17.9 Å². The van der Waals surface area contributed by atoms with E-state index in [9.17, 15) is 14.4 Å². The molecule has 0 bridgehead atoms. The van der Waals surface area contributed by atoms with Gasteiger partial charge in [-0.2, -0.15) is 0 Å². The molecule has 8 heteroatoms. The third-order valence-corrected chi connectivity index (χ3v) is 3.14. The lowest BCUT2D eigenvalue weighted by Crippen LogP contribution is -2.41. The number of carboxylic acid groups (broad SMARTS) is 1. The normalized spacial score (nSPS) is 9.91. The molecule has 0 saturated carbocycles. The average molecular weight is 344 g/mol. The third kappa shape index (κ3) is 8.18. The molecule has 0 saturated heterocycles. The van der Waals surface area contributed by atoms with Crippen LogP contribution in [0.25, 0.3) is 0 Å². The number of aliphatic carboxylic acids is 1. The number of nitrogens with zero attached hydrogens (tertiary/aromatic N) is 1. The second-order valence-corrected chi connectivity index (χ2v) is 5.18. The minimum Gasteiger partial charge on any atom is -0.481 e. The molecule has 0 aliphatic rings. The number of nitrogens with one attached hydrogen (secondary N) is 2. The number of urea groups is 1. The summed E-state index contributed by atoms with van der Waals surface area (Å²) in [6, 6.07) is 4.84. The van der Waals surface area contributed by atoms with Crippen molar-refractivity contribution < 1.29 is 19.5 Å². The Balaban J connectivity index is 0.00000484. The highest BCUT2D eigenvalue weighted by Gasteiger charge is 2.11. The molecule has 0 atom stereocenters. The Labute approximate surface area is 141 Å². The van der Waals surface area contributed by atoms with E-state index in [4.69, 9.17) is 5.11 Å². The molecule has 0 aliphatic heterocycles. The van der Waals surface area contributed by atoms with Gasteiger partial charge < -0.3 is 10.4 Å². The molecule has 0 spiro atoms. The number of anilines is 1. The molecule has 7 nitrogen and oxygen atoms in total. The van der Waals surface area contributed by atoms with Crippen molar-refractivity contribution in [3.05, 3.63) is 29.3 Å². The van der Waals surface area contributed by atoms with Crippen LogP contribution in [0.2, 0.25) is 0 Å². The van der Waals surface area contributed by atoms with Crippen LogP contribution in [0.15, 0.2) is 18.2 Å². The van der Waals surface area contributed by atoms with Gasteiger partial charge in [0.15, 0.2) is 0 Å². The van der Waals surface area contributed by atoms with Crippen molar-refractivity contribution in [3.8, 4) is 0 Å². The quantitative estimate of drug-likeness (QED) is 0.731. The monoisotopic (exact) mass is 343 g/mol. The molecule has 0 heterocycles. The number of amides is 3. The first-order chi connectivity index (χ1) is 10.3. The number of rotatable bonds is 6. The first-order valence-electron chi connectivity index (χ1n) is 6.86. The Morgan fingerprint density at radius 1 is 1.17 bits per heavy atom. The number of likely N-dealkylation sites (N-methyl/N-ethyl adjacent to an activating group) is 1. The summed E-state index contributed by atoms with van der Waals surface area (Å²) in [7, 11) is 1.61. The predicted octanol–water partition coefficient (Wildman–Crippen LogP) is 1.78. The largest absolute Gasteiger partial charge is 0.481 e. The summed E-state index contributed by atoms with van der Waals surface area (Å²) in [4.78, 5) is 35.3. The van der Waals surface area contributed by atoms with Crippen LogP contribution >= 0.6 is 12.4 Å². The molecule has 0 fully saturated rings. The molecule has 1 aromatic rings. The van der Waals surface area contributed by atoms with Gasteiger partial charge in [-0.3, -0.25) is 19.8 Å². The highest BCUT2D eigenvalue weighted by atomic mass is 35.5. The topological polar surface area (TPSA) is 98.7 Å². The van der Waals surface area contributed by atoms with Gasteiger partial charge in [-0.15, -0.1) is 12.4 Å². The van der Waals surface area contributed by atoms with E-state index in [0.29, 0.717) is 5.69 Å². The molecule has 3 amide bonds. The van der Waals surface area contributed by atoms with E-state index >= 15 is 0 Å². The zero-order chi connectivity index (χ0) is 16.7. The fraction of sp³-hybridized carbons (Fsp3) is 0.400. The van der Waals surface area contributed by atoms with Crippen LogP contribution < -0.4 is 10.6 Å². The molecule has 128 valence electrons. The van der Waals surface area contributed by atoms with Gasteiger partial charge in [0.25, 0.3) is 0 Å². The van der Waals surface area contributed by atoms with E-state index in [1.807, 2.05) is 26.0 Å². The van der Waals surface area contributed by atoms with Gasteiger partial charge in [0.2, 0.25) is 5.91 Å². The van der Waals surface area contributed by atoms with Crippen molar-refractivity contribution in [2.75, 3.05) is 25.5 Å². The van der Waals surface area contributed by atoms with Gasteiger partial charge in [-0.05, 0) is 44.2 Å². The number of hydrogen-bond donors (Lipinski definition) is 3. The van der Waals surface area contributed by atoms with E-state index in [-0.39, 0.29) is 31.9 Å². The minimum atomic E-state index is -0.931. The van der Waals surface area contributed by atoms with Crippen LogP contribution in [0.3, 0.4) is 0 Å². The number of carbonyl (C=O) groups is 3. The third-order valence-electron chi connectivity index (χ3n) is 3.14. The number of benzene rings is 1. The summed E-state index contributed by atoms with van der Waals surface area (Å²) < 4.78 is 0. The van der Waals surface area contributed by atoms with Crippen molar-refractivity contribution in [3.63, 3.8) is 0 Å². The fourth-order valence-electron chi connectivity index (χ4n) is 1.76. The van der Waals surface area contributed by atoms with E-state index in [1.54, 1.807) is 13.1 Å². The Morgan fingerprint density at radius 3 is 2.39 bits per heavy atom. The van der Waals surface area contributed by atoms with Gasteiger partial charge in [0.1, 0.15) is 0 Å². The number of carboxylic acids is 1. The van der Waals surface area contributed by atoms with Crippen molar-refractivity contribution in [1.82, 2.24) is 10.2 Å². The van der Waals surface area contributed by atoms with E-state index in [2.05, 4.69) is 10.6 Å². The van der Waals surface area contributed by atoms with Crippen molar-refractivity contribution >= 4 is 36.0 Å². The van der Waals surface area contributed by atoms with Crippen LogP contribution in [-0.2, 0) is 9.59 Å². The maximum Gasteiger partial charge on any atom is 0.325 e. The highest BCUT2D eigenvalue weighted by Crippen LogP contribution is 2.13. The summed E-state index contributed by atoms with van der Waals surface area (Å²) in [6.07, 6.45) is -0.0569. The lowest BCUT2D eigenvalue weighted by molar-refractivity contribution is -0.137. The molecule has 1 aromatic carbocycles. The highest BCUT2D eigenvalue weighted by molar-refractivity contribution is 6.01. The zero-order valence-electron chi connectivity index (χ0n) is 13.4. The second-order valence-electron chi connectivity index (χ2n) is 5.18. The molecule has 1 rings (SSSR count). The molecular formula is C15H22ClN3O4. The fourth-order valence-corrected chi connectivity index (χ4v) is 1.76. The Kier molecular flexibility index (Phi) is 8.90. The molecule has 0 radical (unpaired) electrons. The van der Waals surface area contributed by atoms with Crippen LogP contribution in [0, 0.1) is 13.8 Å². The lowest BCUT2D eigenvalue weighted by Gasteiger charge is -2.15. The van der Waals surface area contributed by atoms with E-state index in [0.717, 1.165) is 11.1 Å². The standard InChI is InChI=1S/C15H21N3O4.ClH/c1-10-4-5-12(8-11(10)2)16-15(22)17-13(19)9-18(3)7-6-14(20)21;/h4-5,8H,6-7,9H2,1-3H3,(H,20,21)(H2,16,17,19,22);1H. The van der Waals surface area contributed by atoms with Gasteiger partial charge in [0.05, 0.1) is 13.0 Å². The van der Waals surface area contributed by atoms with Gasteiger partial charge in [-0.1, -0.05) is 6.07 Å². The average Bonchev–Trinajstić information content (AvgIpc) is 2.40. The summed E-state index contributed by atoms with van der Waals surface area (Å²) in [6.45, 7) is 4.09. The molecule has 0 aliphatic carbocycles. The van der Waals surface area contributed by atoms with Gasteiger partial charge in [0, 0.05) is 12.2 Å². The summed E-state index contributed by atoms with van der Waals surface area (Å²) in [5, 5.41) is 13.3. The number of aryl methyl sites for hydroxylation is 2. The van der Waals surface area contributed by atoms with Crippen LogP contribution in [-0.4, -0.2) is 48.1 Å². The summed E-state index contributed by atoms with van der Waals surface area (Å²) >= 11 is 0. The Hall–Kier alpha value is -2.12. The zero-order valence-corrected chi connectivity index (χ0v) is 14.2. The predicted molar refractivity (Wildman–Crippen MR) is 90.1 cm³/mol. The van der Waals surface area contributed by atoms with Crippen LogP contribution in [0.4, 0.5) is 10.5 Å². The smallest absolute Gasteiger partial charge is 0.325 e. The second kappa shape index (κ2) is 9.81. The van der Waals surface area contributed by atoms with Crippen molar-refractivity contribution in [2.24, 2.45) is 0 Å². The number of hydrogen-bond acceptors (Lipinski definition) is 4. The van der Waals surface area contributed by atoms with Crippen molar-refractivity contribution in [2.45, 2.75) is 20.3 Å².